The Kier molecular flexibility index (Phi) is 3.08. The third-order valence-electron chi connectivity index (χ3n) is 2.55. The number of benzene rings is 1. The van der Waals surface area contributed by atoms with Crippen LogP contribution in [0.1, 0.15) is 24.4 Å². The molecule has 1 aromatic carbocycles. The molecule has 1 aliphatic rings. The molecule has 1 aromatic rings. The lowest BCUT2D eigenvalue weighted by Gasteiger charge is -2.13. The second kappa shape index (κ2) is 4.51. The van der Waals surface area contributed by atoms with Gasteiger partial charge in [0, 0.05) is 11.6 Å². The summed E-state index contributed by atoms with van der Waals surface area (Å²) >= 11 is 0. The van der Waals surface area contributed by atoms with Crippen LogP contribution in [0.15, 0.2) is 18.2 Å². The Morgan fingerprint density at radius 3 is 3.00 bits per heavy atom. The van der Waals surface area contributed by atoms with Gasteiger partial charge in [-0.3, -0.25) is 0 Å². The van der Waals surface area contributed by atoms with Gasteiger partial charge < -0.3 is 20.9 Å². The van der Waals surface area contributed by atoms with Gasteiger partial charge in [-0.25, -0.2) is 0 Å². The molecule has 0 radical (unpaired) electrons. The number of hydrogen-bond donors (Lipinski definition) is 2. The highest BCUT2D eigenvalue weighted by molar-refractivity contribution is 5.49. The molecular weight excluding hydrogens is 192 g/mol. The van der Waals surface area contributed by atoms with Crippen molar-refractivity contribution >= 4 is 0 Å². The van der Waals surface area contributed by atoms with E-state index < -0.39 is 0 Å². The molecule has 0 spiro atoms. The maximum absolute atomic E-state index is 6.06. The fourth-order valence-corrected chi connectivity index (χ4v) is 1.74. The molecule has 0 fully saturated rings. The highest BCUT2D eigenvalue weighted by Gasteiger charge is 2.20. The van der Waals surface area contributed by atoms with E-state index in [0.717, 1.165) is 29.9 Å². The van der Waals surface area contributed by atoms with Crippen LogP contribution in [0.4, 0.5) is 0 Å². The third-order valence-corrected chi connectivity index (χ3v) is 2.55. The van der Waals surface area contributed by atoms with E-state index in [4.69, 9.17) is 20.9 Å². The molecular formula is C11H16N2O2. The summed E-state index contributed by atoms with van der Waals surface area (Å²) in [6.07, 6.45) is 1.79. The number of hydrogen-bond acceptors (Lipinski definition) is 4. The van der Waals surface area contributed by atoms with E-state index in [-0.39, 0.29) is 12.8 Å². The molecule has 1 heterocycles. The molecule has 1 atom stereocenters. The first-order valence-electron chi connectivity index (χ1n) is 5.17. The van der Waals surface area contributed by atoms with E-state index in [1.807, 2.05) is 18.2 Å². The zero-order valence-electron chi connectivity index (χ0n) is 8.61. The first-order valence-corrected chi connectivity index (χ1v) is 5.17. The van der Waals surface area contributed by atoms with E-state index >= 15 is 0 Å². The molecule has 0 aromatic heterocycles. The van der Waals surface area contributed by atoms with Gasteiger partial charge in [0.15, 0.2) is 11.5 Å². The second-order valence-electron chi connectivity index (χ2n) is 3.62. The van der Waals surface area contributed by atoms with Crippen LogP contribution in [0, 0.1) is 0 Å². The summed E-state index contributed by atoms with van der Waals surface area (Å²) in [5.41, 5.74) is 12.5. The SMILES string of the molecule is NCCC[C@@H](N)c1cccc2c1OCO2. The standard InChI is InChI=1S/C11H16N2O2/c12-6-2-4-9(13)8-3-1-5-10-11(8)15-7-14-10/h1,3,5,9H,2,4,6-7,12-13H2/t9-/m1/s1. The number of ether oxygens (including phenoxy) is 2. The summed E-state index contributed by atoms with van der Waals surface area (Å²) in [5, 5.41) is 0. The van der Waals surface area contributed by atoms with E-state index in [2.05, 4.69) is 0 Å². The lowest BCUT2D eigenvalue weighted by molar-refractivity contribution is 0.173. The van der Waals surface area contributed by atoms with Gasteiger partial charge in [-0.2, -0.15) is 0 Å². The van der Waals surface area contributed by atoms with Gasteiger partial charge in [-0.1, -0.05) is 12.1 Å². The quantitative estimate of drug-likeness (QED) is 0.778. The molecule has 0 saturated carbocycles. The zero-order valence-corrected chi connectivity index (χ0v) is 8.61. The highest BCUT2D eigenvalue weighted by atomic mass is 16.7. The third kappa shape index (κ3) is 2.06. The van der Waals surface area contributed by atoms with Crippen LogP contribution in [-0.4, -0.2) is 13.3 Å². The lowest BCUT2D eigenvalue weighted by atomic mass is 10.0. The first-order chi connectivity index (χ1) is 7.33. The van der Waals surface area contributed by atoms with Crippen molar-refractivity contribution in [3.63, 3.8) is 0 Å². The van der Waals surface area contributed by atoms with E-state index in [0.29, 0.717) is 6.54 Å². The molecule has 4 N–H and O–H groups in total. The van der Waals surface area contributed by atoms with Crippen molar-refractivity contribution in [2.24, 2.45) is 11.5 Å². The molecule has 4 nitrogen and oxygen atoms in total. The monoisotopic (exact) mass is 208 g/mol. The van der Waals surface area contributed by atoms with Gasteiger partial charge in [-0.15, -0.1) is 0 Å². The Bertz CT molecular complexity index is 341. The number of fused-ring (bicyclic) bond motifs is 1. The van der Waals surface area contributed by atoms with Crippen molar-refractivity contribution in [1.29, 1.82) is 0 Å². The van der Waals surface area contributed by atoms with Crippen LogP contribution in [0.2, 0.25) is 0 Å². The maximum atomic E-state index is 6.06. The minimum atomic E-state index is -0.0230. The van der Waals surface area contributed by atoms with Gasteiger partial charge in [0.2, 0.25) is 6.79 Å². The zero-order chi connectivity index (χ0) is 10.7. The van der Waals surface area contributed by atoms with Gasteiger partial charge >= 0.3 is 0 Å². The topological polar surface area (TPSA) is 70.5 Å². The molecule has 4 heteroatoms. The fraction of sp³-hybridized carbons (Fsp3) is 0.455. The van der Waals surface area contributed by atoms with Crippen LogP contribution in [0.25, 0.3) is 0 Å². The average Bonchev–Trinajstić information content (AvgIpc) is 2.73. The second-order valence-corrected chi connectivity index (χ2v) is 3.62. The Morgan fingerprint density at radius 1 is 1.33 bits per heavy atom. The summed E-state index contributed by atoms with van der Waals surface area (Å²) in [7, 11) is 0. The molecule has 82 valence electrons. The molecule has 0 aliphatic carbocycles. The summed E-state index contributed by atoms with van der Waals surface area (Å²) < 4.78 is 10.7. The fourth-order valence-electron chi connectivity index (χ4n) is 1.74. The minimum Gasteiger partial charge on any atom is -0.454 e. The minimum absolute atomic E-state index is 0.0230. The van der Waals surface area contributed by atoms with Gasteiger partial charge in [0.25, 0.3) is 0 Å². The van der Waals surface area contributed by atoms with Crippen LogP contribution >= 0.6 is 0 Å². The van der Waals surface area contributed by atoms with Gasteiger partial charge in [-0.05, 0) is 25.5 Å². The Labute approximate surface area is 89.2 Å². The molecule has 15 heavy (non-hydrogen) atoms. The van der Waals surface area contributed by atoms with E-state index in [1.54, 1.807) is 0 Å². The Morgan fingerprint density at radius 2 is 2.20 bits per heavy atom. The Hall–Kier alpha value is -1.26. The van der Waals surface area contributed by atoms with E-state index in [9.17, 15) is 0 Å². The molecule has 0 bridgehead atoms. The number of nitrogens with two attached hydrogens (primary N) is 2. The number of rotatable bonds is 4. The molecule has 1 aliphatic heterocycles. The lowest BCUT2D eigenvalue weighted by Crippen LogP contribution is -2.13. The average molecular weight is 208 g/mol. The predicted molar refractivity (Wildman–Crippen MR) is 57.8 cm³/mol. The van der Waals surface area contributed by atoms with Crippen molar-refractivity contribution in [3.05, 3.63) is 23.8 Å². The first kappa shape index (κ1) is 10.3. The van der Waals surface area contributed by atoms with Gasteiger partial charge in [0.05, 0.1) is 0 Å². The molecule has 0 amide bonds. The summed E-state index contributed by atoms with van der Waals surface area (Å²) in [5.74, 6) is 1.58. The number of para-hydroxylation sites is 1. The maximum Gasteiger partial charge on any atom is 0.231 e. The smallest absolute Gasteiger partial charge is 0.231 e. The summed E-state index contributed by atoms with van der Waals surface area (Å²) in [4.78, 5) is 0. The summed E-state index contributed by atoms with van der Waals surface area (Å²) in [6, 6.07) is 5.78. The molecule has 2 rings (SSSR count). The van der Waals surface area contributed by atoms with Gasteiger partial charge in [0.1, 0.15) is 0 Å². The Balaban J connectivity index is 2.17. The van der Waals surface area contributed by atoms with Crippen LogP contribution < -0.4 is 20.9 Å². The predicted octanol–water partition coefficient (Wildman–Crippen LogP) is 1.15. The van der Waals surface area contributed by atoms with Crippen molar-refractivity contribution in [2.45, 2.75) is 18.9 Å². The van der Waals surface area contributed by atoms with E-state index in [1.165, 1.54) is 0 Å². The largest absolute Gasteiger partial charge is 0.454 e. The van der Waals surface area contributed by atoms with Crippen LogP contribution in [-0.2, 0) is 0 Å². The van der Waals surface area contributed by atoms with Crippen LogP contribution in [0.5, 0.6) is 11.5 Å². The highest BCUT2D eigenvalue weighted by Crippen LogP contribution is 2.38. The molecule has 0 saturated heterocycles. The van der Waals surface area contributed by atoms with Crippen molar-refractivity contribution < 1.29 is 9.47 Å². The van der Waals surface area contributed by atoms with Crippen LogP contribution in [0.3, 0.4) is 0 Å². The molecule has 0 unspecified atom stereocenters. The van der Waals surface area contributed by atoms with Crippen molar-refractivity contribution in [2.75, 3.05) is 13.3 Å². The van der Waals surface area contributed by atoms with Crippen molar-refractivity contribution in [1.82, 2.24) is 0 Å². The normalized spacial score (nSPS) is 15.3. The summed E-state index contributed by atoms with van der Waals surface area (Å²) in [6.45, 7) is 0.954. The van der Waals surface area contributed by atoms with Crippen molar-refractivity contribution in [3.8, 4) is 11.5 Å².